The maximum atomic E-state index is 9.30. The minimum absolute atomic E-state index is 0.349. The molecule has 0 atom stereocenters. The van der Waals surface area contributed by atoms with Gasteiger partial charge in [-0.05, 0) is 31.4 Å². The fraction of sp³-hybridized carbons (Fsp3) is 0.200. The van der Waals surface area contributed by atoms with Crippen molar-refractivity contribution in [3.05, 3.63) is 23.1 Å². The number of rotatable bonds is 1. The number of fused-ring (bicyclic) bond motifs is 1. The summed E-state index contributed by atoms with van der Waals surface area (Å²) in [6.07, 6.45) is 2.08. The standard InChI is InChI=1S/C10H10OS2/c1-6-10(12-2)8-4-3-7(11)5-9(8)13-6/h3-5,11H,1-2H3. The lowest BCUT2D eigenvalue weighted by molar-refractivity contribution is 0.476. The third kappa shape index (κ3) is 1.42. The Labute approximate surface area is 85.4 Å². The molecule has 1 N–H and O–H groups in total. The van der Waals surface area contributed by atoms with Gasteiger partial charge in [-0.3, -0.25) is 0 Å². The molecule has 0 radical (unpaired) electrons. The highest BCUT2D eigenvalue weighted by Gasteiger charge is 2.07. The normalized spacial score (nSPS) is 10.9. The Morgan fingerprint density at radius 2 is 2.15 bits per heavy atom. The SMILES string of the molecule is CSc1c(C)sc2cc(O)ccc12. The van der Waals surface area contributed by atoms with Gasteiger partial charge < -0.3 is 5.11 Å². The molecule has 0 unspecified atom stereocenters. The summed E-state index contributed by atoms with van der Waals surface area (Å²) in [5.74, 6) is 0.349. The zero-order valence-corrected chi connectivity index (χ0v) is 9.13. The maximum absolute atomic E-state index is 9.30. The lowest BCUT2D eigenvalue weighted by Gasteiger charge is -1.95. The average Bonchev–Trinajstić information content (AvgIpc) is 2.39. The molecule has 1 nitrogen and oxygen atoms in total. The summed E-state index contributed by atoms with van der Waals surface area (Å²) < 4.78 is 1.17. The van der Waals surface area contributed by atoms with Gasteiger partial charge in [0.15, 0.2) is 0 Å². The van der Waals surface area contributed by atoms with Crippen LogP contribution in [-0.4, -0.2) is 11.4 Å². The van der Waals surface area contributed by atoms with E-state index in [-0.39, 0.29) is 0 Å². The number of aryl methyl sites for hydroxylation is 1. The molecule has 0 aliphatic heterocycles. The van der Waals surface area contributed by atoms with Crippen LogP contribution in [0, 0.1) is 6.92 Å². The van der Waals surface area contributed by atoms with Crippen molar-refractivity contribution in [3.8, 4) is 5.75 Å². The second kappa shape index (κ2) is 3.24. The van der Waals surface area contributed by atoms with Crippen molar-refractivity contribution in [2.75, 3.05) is 6.26 Å². The molecule has 0 aliphatic rings. The van der Waals surface area contributed by atoms with Crippen LogP contribution in [0.5, 0.6) is 5.75 Å². The zero-order chi connectivity index (χ0) is 9.42. The highest BCUT2D eigenvalue weighted by Crippen LogP contribution is 2.37. The molecule has 1 aromatic carbocycles. The van der Waals surface area contributed by atoms with Crippen molar-refractivity contribution in [1.29, 1.82) is 0 Å². The van der Waals surface area contributed by atoms with E-state index in [1.807, 2.05) is 12.1 Å². The van der Waals surface area contributed by atoms with Crippen LogP contribution in [0.25, 0.3) is 10.1 Å². The van der Waals surface area contributed by atoms with Crippen molar-refractivity contribution in [3.63, 3.8) is 0 Å². The number of benzene rings is 1. The van der Waals surface area contributed by atoms with Crippen LogP contribution in [0.3, 0.4) is 0 Å². The minimum Gasteiger partial charge on any atom is -0.508 e. The Balaban J connectivity index is 2.79. The Morgan fingerprint density at radius 1 is 1.38 bits per heavy atom. The first-order valence-corrected chi connectivity index (χ1v) is 6.02. The molecule has 0 amide bonds. The Morgan fingerprint density at radius 3 is 2.85 bits per heavy atom. The van der Waals surface area contributed by atoms with Crippen LogP contribution in [0.4, 0.5) is 0 Å². The lowest BCUT2D eigenvalue weighted by atomic mass is 10.2. The van der Waals surface area contributed by atoms with E-state index in [1.54, 1.807) is 29.2 Å². The molecule has 68 valence electrons. The largest absolute Gasteiger partial charge is 0.508 e. The molecule has 1 heterocycles. The van der Waals surface area contributed by atoms with Crippen molar-refractivity contribution >= 4 is 33.2 Å². The number of phenolic OH excluding ortho intramolecular Hbond substituents is 1. The van der Waals surface area contributed by atoms with Crippen LogP contribution < -0.4 is 0 Å². The van der Waals surface area contributed by atoms with Gasteiger partial charge in [0.05, 0.1) is 0 Å². The minimum atomic E-state index is 0.349. The van der Waals surface area contributed by atoms with E-state index in [9.17, 15) is 5.11 Å². The summed E-state index contributed by atoms with van der Waals surface area (Å²) in [6.45, 7) is 2.12. The highest BCUT2D eigenvalue weighted by molar-refractivity contribution is 7.99. The molecule has 0 bridgehead atoms. The van der Waals surface area contributed by atoms with Crippen molar-refractivity contribution < 1.29 is 5.11 Å². The molecule has 0 saturated carbocycles. The number of phenols is 1. The van der Waals surface area contributed by atoms with Gasteiger partial charge in [0.2, 0.25) is 0 Å². The third-order valence-corrected chi connectivity index (χ3v) is 4.13. The maximum Gasteiger partial charge on any atom is 0.117 e. The van der Waals surface area contributed by atoms with Crippen LogP contribution in [0.15, 0.2) is 23.1 Å². The van der Waals surface area contributed by atoms with Gasteiger partial charge in [-0.1, -0.05) is 0 Å². The number of hydrogen-bond donors (Lipinski definition) is 1. The first kappa shape index (κ1) is 8.91. The summed E-state index contributed by atoms with van der Waals surface area (Å²) >= 11 is 3.50. The van der Waals surface area contributed by atoms with E-state index in [0.29, 0.717) is 5.75 Å². The molecule has 1 aromatic heterocycles. The second-order valence-corrected chi connectivity index (χ2v) is 4.94. The summed E-state index contributed by atoms with van der Waals surface area (Å²) in [4.78, 5) is 2.66. The fourth-order valence-electron chi connectivity index (χ4n) is 1.44. The highest BCUT2D eigenvalue weighted by atomic mass is 32.2. The number of thioether (sulfide) groups is 1. The monoisotopic (exact) mass is 210 g/mol. The van der Waals surface area contributed by atoms with E-state index >= 15 is 0 Å². The van der Waals surface area contributed by atoms with Gasteiger partial charge in [-0.15, -0.1) is 23.1 Å². The zero-order valence-electron chi connectivity index (χ0n) is 7.50. The van der Waals surface area contributed by atoms with Gasteiger partial charge in [0, 0.05) is 19.9 Å². The molecule has 2 aromatic rings. The number of hydrogen-bond acceptors (Lipinski definition) is 3. The number of thiophene rings is 1. The summed E-state index contributed by atoms with van der Waals surface area (Å²) in [7, 11) is 0. The molecule has 2 rings (SSSR count). The van der Waals surface area contributed by atoms with Crippen molar-refractivity contribution in [1.82, 2.24) is 0 Å². The van der Waals surface area contributed by atoms with Gasteiger partial charge >= 0.3 is 0 Å². The van der Waals surface area contributed by atoms with Gasteiger partial charge in [-0.2, -0.15) is 0 Å². The molecule has 0 aliphatic carbocycles. The first-order chi connectivity index (χ1) is 6.22. The van der Waals surface area contributed by atoms with Crippen LogP contribution in [0.2, 0.25) is 0 Å². The van der Waals surface area contributed by atoms with Crippen LogP contribution in [0.1, 0.15) is 4.88 Å². The van der Waals surface area contributed by atoms with E-state index in [1.165, 1.54) is 19.9 Å². The molecule has 3 heteroatoms. The van der Waals surface area contributed by atoms with Gasteiger partial charge in [-0.25, -0.2) is 0 Å². The molecule has 0 fully saturated rings. The number of aromatic hydroxyl groups is 1. The van der Waals surface area contributed by atoms with Gasteiger partial charge in [0.1, 0.15) is 5.75 Å². The average molecular weight is 210 g/mol. The van der Waals surface area contributed by atoms with Crippen LogP contribution >= 0.6 is 23.1 Å². The predicted molar refractivity (Wildman–Crippen MR) is 60.0 cm³/mol. The Kier molecular flexibility index (Phi) is 2.22. The summed E-state index contributed by atoms with van der Waals surface area (Å²) in [5, 5.41) is 10.6. The fourth-order valence-corrected chi connectivity index (χ4v) is 3.55. The predicted octanol–water partition coefficient (Wildman–Crippen LogP) is 3.64. The third-order valence-electron chi connectivity index (χ3n) is 2.00. The summed E-state index contributed by atoms with van der Waals surface area (Å²) in [5.41, 5.74) is 0. The van der Waals surface area contributed by atoms with E-state index in [2.05, 4.69) is 13.2 Å². The lowest BCUT2D eigenvalue weighted by Crippen LogP contribution is -1.69. The van der Waals surface area contributed by atoms with E-state index < -0.39 is 0 Å². The Bertz CT molecular complexity index is 445. The van der Waals surface area contributed by atoms with Gasteiger partial charge in [0.25, 0.3) is 0 Å². The van der Waals surface area contributed by atoms with Crippen LogP contribution in [-0.2, 0) is 0 Å². The molecule has 13 heavy (non-hydrogen) atoms. The summed E-state index contributed by atoms with van der Waals surface area (Å²) in [6, 6.07) is 5.56. The molecular weight excluding hydrogens is 200 g/mol. The quantitative estimate of drug-likeness (QED) is 0.725. The van der Waals surface area contributed by atoms with E-state index in [0.717, 1.165) is 0 Å². The Hall–Kier alpha value is -0.670. The molecule has 0 spiro atoms. The van der Waals surface area contributed by atoms with Crippen molar-refractivity contribution in [2.24, 2.45) is 0 Å². The second-order valence-electron chi connectivity index (χ2n) is 2.87. The first-order valence-electron chi connectivity index (χ1n) is 3.98. The smallest absolute Gasteiger partial charge is 0.117 e. The topological polar surface area (TPSA) is 20.2 Å². The molecule has 0 saturated heterocycles. The van der Waals surface area contributed by atoms with E-state index in [4.69, 9.17) is 0 Å². The molecular formula is C10H10OS2. The van der Waals surface area contributed by atoms with Crippen molar-refractivity contribution in [2.45, 2.75) is 11.8 Å².